The second-order valence-corrected chi connectivity index (χ2v) is 3.22. The maximum absolute atomic E-state index is 4.00. The molecule has 0 N–H and O–H groups in total. The number of aryl methyl sites for hydroxylation is 1. The first-order valence-electron chi connectivity index (χ1n) is 3.80. The van der Waals surface area contributed by atoms with Crippen molar-refractivity contribution >= 4 is 15.9 Å². The molecule has 2 heteroatoms. The fourth-order valence-electron chi connectivity index (χ4n) is 0.819. The van der Waals surface area contributed by atoms with Crippen molar-refractivity contribution in [2.24, 2.45) is 0 Å². The van der Waals surface area contributed by atoms with Crippen LogP contribution in [0.3, 0.4) is 0 Å². The summed E-state index contributed by atoms with van der Waals surface area (Å²) in [6.07, 6.45) is 4.49. The van der Waals surface area contributed by atoms with Crippen molar-refractivity contribution in [3.63, 3.8) is 0 Å². The van der Waals surface area contributed by atoms with E-state index in [1.165, 1.54) is 0 Å². The first-order valence-corrected chi connectivity index (χ1v) is 4.92. The lowest BCUT2D eigenvalue weighted by Crippen LogP contribution is -1.82. The standard InChI is InChI=1S/C10H10BrN/c1-9-8-12-7-5-10(9)4-2-3-6-11/h5,7-8H,3,6H2,1H3. The van der Waals surface area contributed by atoms with E-state index in [4.69, 9.17) is 0 Å². The average Bonchev–Trinajstić information content (AvgIpc) is 2.09. The van der Waals surface area contributed by atoms with Crippen LogP contribution in [0.5, 0.6) is 0 Å². The Hall–Kier alpha value is -0.810. The summed E-state index contributed by atoms with van der Waals surface area (Å²) in [6.45, 7) is 2.02. The number of pyridine rings is 1. The van der Waals surface area contributed by atoms with E-state index in [-0.39, 0.29) is 0 Å². The Bertz CT molecular complexity index is 309. The van der Waals surface area contributed by atoms with Gasteiger partial charge < -0.3 is 0 Å². The summed E-state index contributed by atoms with van der Waals surface area (Å²) in [6, 6.07) is 1.94. The van der Waals surface area contributed by atoms with Crippen LogP contribution in [0.25, 0.3) is 0 Å². The summed E-state index contributed by atoms with van der Waals surface area (Å²) in [7, 11) is 0. The van der Waals surface area contributed by atoms with Crippen LogP contribution >= 0.6 is 15.9 Å². The molecule has 1 rings (SSSR count). The molecule has 0 saturated carbocycles. The molecular weight excluding hydrogens is 214 g/mol. The molecule has 0 saturated heterocycles. The Balaban J connectivity index is 2.77. The number of rotatable bonds is 1. The highest BCUT2D eigenvalue weighted by Gasteiger charge is 1.90. The minimum atomic E-state index is 0.891. The lowest BCUT2D eigenvalue weighted by atomic mass is 10.2. The van der Waals surface area contributed by atoms with Gasteiger partial charge in [-0.3, -0.25) is 4.98 Å². The summed E-state index contributed by atoms with van der Waals surface area (Å²) in [5, 5.41) is 0.935. The molecule has 0 aliphatic carbocycles. The fraction of sp³-hybridized carbons (Fsp3) is 0.300. The van der Waals surface area contributed by atoms with Crippen molar-refractivity contribution in [1.29, 1.82) is 0 Å². The summed E-state index contributed by atoms with van der Waals surface area (Å²) in [5.41, 5.74) is 2.21. The molecule has 0 aliphatic rings. The molecule has 0 unspecified atom stereocenters. The molecule has 1 heterocycles. The zero-order valence-corrected chi connectivity index (χ0v) is 8.56. The van der Waals surface area contributed by atoms with Crippen molar-refractivity contribution in [3.8, 4) is 11.8 Å². The second kappa shape index (κ2) is 4.95. The average molecular weight is 224 g/mol. The molecule has 0 atom stereocenters. The van der Waals surface area contributed by atoms with Crippen molar-refractivity contribution in [1.82, 2.24) is 4.98 Å². The normalized spacial score (nSPS) is 8.83. The largest absolute Gasteiger partial charge is 0.264 e. The maximum atomic E-state index is 4.00. The van der Waals surface area contributed by atoms with E-state index >= 15 is 0 Å². The number of nitrogens with zero attached hydrogens (tertiary/aromatic N) is 1. The Morgan fingerprint density at radius 3 is 3.08 bits per heavy atom. The van der Waals surface area contributed by atoms with Crippen molar-refractivity contribution in [2.45, 2.75) is 13.3 Å². The van der Waals surface area contributed by atoms with Gasteiger partial charge in [0.25, 0.3) is 0 Å². The molecule has 1 nitrogen and oxygen atoms in total. The van der Waals surface area contributed by atoms with Gasteiger partial charge in [0.05, 0.1) is 0 Å². The molecule has 0 radical (unpaired) electrons. The first-order chi connectivity index (χ1) is 5.84. The van der Waals surface area contributed by atoms with E-state index in [2.05, 4.69) is 32.8 Å². The van der Waals surface area contributed by atoms with Crippen LogP contribution < -0.4 is 0 Å². The van der Waals surface area contributed by atoms with Gasteiger partial charge in [-0.2, -0.15) is 0 Å². The van der Waals surface area contributed by atoms with Crippen LogP contribution in [0.2, 0.25) is 0 Å². The Morgan fingerprint density at radius 2 is 2.42 bits per heavy atom. The van der Waals surface area contributed by atoms with Crippen LogP contribution in [0, 0.1) is 18.8 Å². The number of hydrogen-bond acceptors (Lipinski definition) is 1. The molecule has 62 valence electrons. The number of halogens is 1. The molecular formula is C10H10BrN. The number of aromatic nitrogens is 1. The molecule has 1 aromatic rings. The molecule has 12 heavy (non-hydrogen) atoms. The summed E-state index contributed by atoms with van der Waals surface area (Å²) < 4.78 is 0. The summed E-state index contributed by atoms with van der Waals surface area (Å²) >= 11 is 3.33. The van der Waals surface area contributed by atoms with Gasteiger partial charge in [-0.15, -0.1) is 0 Å². The Kier molecular flexibility index (Phi) is 3.83. The zero-order valence-electron chi connectivity index (χ0n) is 6.97. The SMILES string of the molecule is Cc1cnccc1C#CCCBr. The fourth-order valence-corrected chi connectivity index (χ4v) is 1.02. The monoisotopic (exact) mass is 223 g/mol. The second-order valence-electron chi connectivity index (χ2n) is 2.43. The first kappa shape index (κ1) is 9.28. The molecule has 1 aromatic heterocycles. The van der Waals surface area contributed by atoms with Crippen molar-refractivity contribution in [2.75, 3.05) is 5.33 Å². The van der Waals surface area contributed by atoms with Crippen LogP contribution in [-0.2, 0) is 0 Å². The highest BCUT2D eigenvalue weighted by molar-refractivity contribution is 9.09. The van der Waals surface area contributed by atoms with Gasteiger partial charge in [-0.1, -0.05) is 27.8 Å². The molecule has 0 amide bonds. The molecule has 0 bridgehead atoms. The van der Waals surface area contributed by atoms with Gasteiger partial charge >= 0.3 is 0 Å². The molecule has 0 aliphatic heterocycles. The number of hydrogen-bond donors (Lipinski definition) is 0. The minimum absolute atomic E-state index is 0.891. The van der Waals surface area contributed by atoms with Crippen LogP contribution in [0.15, 0.2) is 18.5 Å². The quantitative estimate of drug-likeness (QED) is 0.527. The highest BCUT2D eigenvalue weighted by atomic mass is 79.9. The van der Waals surface area contributed by atoms with E-state index in [0.717, 1.165) is 22.9 Å². The zero-order chi connectivity index (χ0) is 8.81. The van der Waals surface area contributed by atoms with Gasteiger partial charge in [0, 0.05) is 29.7 Å². The molecule has 0 spiro atoms. The van der Waals surface area contributed by atoms with Crippen LogP contribution in [0.4, 0.5) is 0 Å². The molecule has 0 aromatic carbocycles. The van der Waals surface area contributed by atoms with Gasteiger partial charge in [-0.25, -0.2) is 0 Å². The van der Waals surface area contributed by atoms with Crippen LogP contribution in [-0.4, -0.2) is 10.3 Å². The predicted molar refractivity (Wildman–Crippen MR) is 54.3 cm³/mol. The molecule has 0 fully saturated rings. The van der Waals surface area contributed by atoms with E-state index in [1.807, 2.05) is 19.2 Å². The Labute approximate surface area is 81.3 Å². The number of alkyl halides is 1. The Morgan fingerprint density at radius 1 is 1.58 bits per heavy atom. The summed E-state index contributed by atoms with van der Waals surface area (Å²) in [5.74, 6) is 6.16. The van der Waals surface area contributed by atoms with Gasteiger partial charge in [0.2, 0.25) is 0 Å². The summed E-state index contributed by atoms with van der Waals surface area (Å²) in [4.78, 5) is 4.00. The smallest absolute Gasteiger partial charge is 0.0309 e. The van der Waals surface area contributed by atoms with Crippen molar-refractivity contribution < 1.29 is 0 Å². The van der Waals surface area contributed by atoms with E-state index in [1.54, 1.807) is 6.20 Å². The third-order valence-corrected chi connectivity index (χ3v) is 1.86. The highest BCUT2D eigenvalue weighted by Crippen LogP contribution is 2.02. The van der Waals surface area contributed by atoms with Gasteiger partial charge in [0.1, 0.15) is 0 Å². The van der Waals surface area contributed by atoms with E-state index in [9.17, 15) is 0 Å². The third-order valence-electron chi connectivity index (χ3n) is 1.46. The lowest BCUT2D eigenvalue weighted by Gasteiger charge is -1.93. The van der Waals surface area contributed by atoms with Gasteiger partial charge in [-0.05, 0) is 18.6 Å². The van der Waals surface area contributed by atoms with E-state index in [0.29, 0.717) is 0 Å². The van der Waals surface area contributed by atoms with Gasteiger partial charge in [0.15, 0.2) is 0 Å². The lowest BCUT2D eigenvalue weighted by molar-refractivity contribution is 1.25. The van der Waals surface area contributed by atoms with Crippen molar-refractivity contribution in [3.05, 3.63) is 29.6 Å². The third kappa shape index (κ3) is 2.67. The van der Waals surface area contributed by atoms with Crippen LogP contribution in [0.1, 0.15) is 17.5 Å². The minimum Gasteiger partial charge on any atom is -0.264 e. The van der Waals surface area contributed by atoms with E-state index < -0.39 is 0 Å². The topological polar surface area (TPSA) is 12.9 Å². The predicted octanol–water partition coefficient (Wildman–Crippen LogP) is 2.53. The maximum Gasteiger partial charge on any atom is 0.0309 e.